The molecule has 2 heterocycles. The number of aromatic nitrogens is 1. The molecule has 1 aromatic rings. The number of aliphatic hydroxyl groups is 1. The number of nitrogens with zero attached hydrogens (tertiary/aromatic N) is 2. The van der Waals surface area contributed by atoms with Crippen LogP contribution in [0.3, 0.4) is 0 Å². The molecule has 88 valence electrons. The number of morpholine rings is 1. The molecule has 0 saturated carbocycles. The van der Waals surface area contributed by atoms with E-state index in [0.29, 0.717) is 11.8 Å². The average Bonchev–Trinajstić information content (AvgIpc) is 2.33. The van der Waals surface area contributed by atoms with E-state index in [4.69, 9.17) is 16.3 Å². The van der Waals surface area contributed by atoms with Gasteiger partial charge in [0.1, 0.15) is 5.15 Å². The molecule has 1 aliphatic heterocycles. The number of hydrogen-bond donors (Lipinski definition) is 1. The molecule has 1 aliphatic rings. The van der Waals surface area contributed by atoms with Crippen molar-refractivity contribution in [3.8, 4) is 0 Å². The standard InChI is InChI=1S/C11H15ClN2O2/c12-11-2-1-9(5-13-11)6-14-3-4-16-8-10(14)7-15/h1-2,5,10,15H,3-4,6-8H2. The van der Waals surface area contributed by atoms with Crippen LogP contribution < -0.4 is 0 Å². The molecule has 1 fully saturated rings. The molecule has 0 amide bonds. The highest BCUT2D eigenvalue weighted by atomic mass is 35.5. The van der Waals surface area contributed by atoms with Crippen molar-refractivity contribution in [2.45, 2.75) is 12.6 Å². The van der Waals surface area contributed by atoms with Crippen LogP contribution in [0.5, 0.6) is 0 Å². The third-order valence-corrected chi connectivity index (χ3v) is 2.96. The van der Waals surface area contributed by atoms with Crippen LogP contribution in [0.2, 0.25) is 5.15 Å². The summed E-state index contributed by atoms with van der Waals surface area (Å²) in [6, 6.07) is 3.83. The summed E-state index contributed by atoms with van der Waals surface area (Å²) < 4.78 is 5.32. The quantitative estimate of drug-likeness (QED) is 0.801. The van der Waals surface area contributed by atoms with E-state index in [-0.39, 0.29) is 12.6 Å². The van der Waals surface area contributed by atoms with Gasteiger partial charge in [-0.15, -0.1) is 0 Å². The fourth-order valence-corrected chi connectivity index (χ4v) is 1.91. The van der Waals surface area contributed by atoms with Gasteiger partial charge in [-0.3, -0.25) is 4.90 Å². The zero-order valence-corrected chi connectivity index (χ0v) is 9.73. The maximum Gasteiger partial charge on any atom is 0.129 e. The molecule has 5 heteroatoms. The van der Waals surface area contributed by atoms with Crippen LogP contribution in [-0.4, -0.2) is 47.4 Å². The average molecular weight is 243 g/mol. The highest BCUT2D eigenvalue weighted by molar-refractivity contribution is 6.29. The Morgan fingerprint density at radius 2 is 2.44 bits per heavy atom. The lowest BCUT2D eigenvalue weighted by atomic mass is 10.2. The normalized spacial score (nSPS) is 22.2. The first kappa shape index (κ1) is 11.8. The Bertz CT molecular complexity index is 331. The molecule has 2 rings (SSSR count). The van der Waals surface area contributed by atoms with Crippen LogP contribution in [0.15, 0.2) is 18.3 Å². The molecule has 16 heavy (non-hydrogen) atoms. The highest BCUT2D eigenvalue weighted by Gasteiger charge is 2.22. The van der Waals surface area contributed by atoms with Crippen molar-refractivity contribution in [1.82, 2.24) is 9.88 Å². The largest absolute Gasteiger partial charge is 0.395 e. The molecule has 1 saturated heterocycles. The van der Waals surface area contributed by atoms with Crippen molar-refractivity contribution in [3.05, 3.63) is 29.0 Å². The molecule has 1 N–H and O–H groups in total. The molecule has 0 aromatic carbocycles. The number of hydrogen-bond acceptors (Lipinski definition) is 4. The van der Waals surface area contributed by atoms with E-state index < -0.39 is 0 Å². The monoisotopic (exact) mass is 242 g/mol. The van der Waals surface area contributed by atoms with Gasteiger partial charge >= 0.3 is 0 Å². The molecule has 0 radical (unpaired) electrons. The maximum absolute atomic E-state index is 9.23. The van der Waals surface area contributed by atoms with Gasteiger partial charge in [0.2, 0.25) is 0 Å². The fourth-order valence-electron chi connectivity index (χ4n) is 1.80. The van der Waals surface area contributed by atoms with Crippen LogP contribution >= 0.6 is 11.6 Å². The summed E-state index contributed by atoms with van der Waals surface area (Å²) in [4.78, 5) is 6.24. The number of halogens is 1. The SMILES string of the molecule is OCC1COCCN1Cc1ccc(Cl)nc1. The van der Waals surface area contributed by atoms with E-state index >= 15 is 0 Å². The zero-order valence-electron chi connectivity index (χ0n) is 8.97. The summed E-state index contributed by atoms with van der Waals surface area (Å²) in [5.41, 5.74) is 1.10. The van der Waals surface area contributed by atoms with Crippen molar-refractivity contribution in [3.63, 3.8) is 0 Å². The van der Waals surface area contributed by atoms with Gasteiger partial charge in [-0.05, 0) is 11.6 Å². The Morgan fingerprint density at radius 3 is 3.12 bits per heavy atom. The van der Waals surface area contributed by atoms with E-state index in [1.165, 1.54) is 0 Å². The minimum Gasteiger partial charge on any atom is -0.395 e. The summed E-state index contributed by atoms with van der Waals surface area (Å²) in [5.74, 6) is 0. The first-order chi connectivity index (χ1) is 7.79. The summed E-state index contributed by atoms with van der Waals surface area (Å²) in [6.07, 6.45) is 1.77. The Balaban J connectivity index is 1.99. The molecule has 0 aliphatic carbocycles. The van der Waals surface area contributed by atoms with Gasteiger partial charge in [0.05, 0.1) is 25.9 Å². The molecule has 0 bridgehead atoms. The van der Waals surface area contributed by atoms with E-state index in [0.717, 1.165) is 25.3 Å². The highest BCUT2D eigenvalue weighted by Crippen LogP contribution is 2.13. The van der Waals surface area contributed by atoms with Crippen LogP contribution in [-0.2, 0) is 11.3 Å². The predicted octanol–water partition coefficient (Wildman–Crippen LogP) is 0.928. The minimum absolute atomic E-state index is 0.0874. The third kappa shape index (κ3) is 2.92. The molecule has 4 nitrogen and oxygen atoms in total. The summed E-state index contributed by atoms with van der Waals surface area (Å²) in [6.45, 7) is 3.06. The molecule has 1 aromatic heterocycles. The number of ether oxygens (including phenoxy) is 1. The van der Waals surface area contributed by atoms with Crippen molar-refractivity contribution < 1.29 is 9.84 Å². The second-order valence-electron chi connectivity index (χ2n) is 3.87. The van der Waals surface area contributed by atoms with Gasteiger partial charge in [0.25, 0.3) is 0 Å². The summed E-state index contributed by atoms with van der Waals surface area (Å²) >= 11 is 5.73. The Morgan fingerprint density at radius 1 is 1.56 bits per heavy atom. The fraction of sp³-hybridized carbons (Fsp3) is 0.545. The Labute approximate surface area is 99.8 Å². The minimum atomic E-state index is 0.0874. The van der Waals surface area contributed by atoms with E-state index in [2.05, 4.69) is 9.88 Å². The zero-order chi connectivity index (χ0) is 11.4. The van der Waals surface area contributed by atoms with Crippen LogP contribution in [0, 0.1) is 0 Å². The number of pyridine rings is 1. The van der Waals surface area contributed by atoms with E-state index in [9.17, 15) is 5.11 Å². The topological polar surface area (TPSA) is 45.6 Å². The third-order valence-electron chi connectivity index (χ3n) is 2.73. The van der Waals surface area contributed by atoms with Crippen LogP contribution in [0.1, 0.15) is 5.56 Å². The van der Waals surface area contributed by atoms with Gasteiger partial charge in [0, 0.05) is 19.3 Å². The van der Waals surface area contributed by atoms with Gasteiger partial charge < -0.3 is 9.84 Å². The Kier molecular flexibility index (Phi) is 4.12. The Hall–Kier alpha value is -0.680. The molecule has 1 unspecified atom stereocenters. The van der Waals surface area contributed by atoms with Gasteiger partial charge in [-0.2, -0.15) is 0 Å². The molecule has 0 spiro atoms. The van der Waals surface area contributed by atoms with E-state index in [1.807, 2.05) is 6.07 Å². The van der Waals surface area contributed by atoms with E-state index in [1.54, 1.807) is 12.3 Å². The van der Waals surface area contributed by atoms with Crippen LogP contribution in [0.4, 0.5) is 0 Å². The predicted molar refractivity (Wildman–Crippen MR) is 61.3 cm³/mol. The lowest BCUT2D eigenvalue weighted by Gasteiger charge is -2.34. The lowest BCUT2D eigenvalue weighted by Crippen LogP contribution is -2.46. The second-order valence-corrected chi connectivity index (χ2v) is 4.26. The lowest BCUT2D eigenvalue weighted by molar-refractivity contribution is -0.0313. The number of rotatable bonds is 3. The van der Waals surface area contributed by atoms with Gasteiger partial charge in [-0.1, -0.05) is 17.7 Å². The summed E-state index contributed by atoms with van der Waals surface area (Å²) in [5, 5.41) is 9.73. The van der Waals surface area contributed by atoms with Gasteiger partial charge in [-0.25, -0.2) is 4.98 Å². The van der Waals surface area contributed by atoms with Crippen molar-refractivity contribution in [2.24, 2.45) is 0 Å². The maximum atomic E-state index is 9.23. The molecular formula is C11H15ClN2O2. The second kappa shape index (κ2) is 5.59. The van der Waals surface area contributed by atoms with Gasteiger partial charge in [0.15, 0.2) is 0 Å². The smallest absolute Gasteiger partial charge is 0.129 e. The van der Waals surface area contributed by atoms with Crippen molar-refractivity contribution in [1.29, 1.82) is 0 Å². The van der Waals surface area contributed by atoms with Crippen molar-refractivity contribution in [2.75, 3.05) is 26.4 Å². The number of aliphatic hydroxyl groups excluding tert-OH is 1. The van der Waals surface area contributed by atoms with Crippen LogP contribution in [0.25, 0.3) is 0 Å². The first-order valence-corrected chi connectivity index (χ1v) is 5.70. The first-order valence-electron chi connectivity index (χ1n) is 5.32. The molecular weight excluding hydrogens is 228 g/mol. The molecule has 1 atom stereocenters. The summed E-state index contributed by atoms with van der Waals surface area (Å²) in [7, 11) is 0. The van der Waals surface area contributed by atoms with Crippen molar-refractivity contribution >= 4 is 11.6 Å².